The number of likely N-dealkylation sites (tertiary alicyclic amines) is 1. The van der Waals surface area contributed by atoms with Gasteiger partial charge in [-0.15, -0.1) is 0 Å². The third-order valence-electron chi connectivity index (χ3n) is 6.28. The van der Waals surface area contributed by atoms with Gasteiger partial charge in [-0.1, -0.05) is 29.4 Å². The fourth-order valence-corrected chi connectivity index (χ4v) is 4.61. The Hall–Kier alpha value is -3.19. The van der Waals surface area contributed by atoms with Gasteiger partial charge in [-0.2, -0.15) is 4.98 Å². The predicted octanol–water partition coefficient (Wildman–Crippen LogP) is 3.68. The summed E-state index contributed by atoms with van der Waals surface area (Å²) in [6.45, 7) is 5.44. The highest BCUT2D eigenvalue weighted by atomic mass is 16.5. The Bertz CT molecular complexity index is 1070. The number of benzene rings is 2. The summed E-state index contributed by atoms with van der Waals surface area (Å²) in [5, 5.41) is 4.17. The van der Waals surface area contributed by atoms with E-state index < -0.39 is 0 Å². The van der Waals surface area contributed by atoms with Gasteiger partial charge in [0, 0.05) is 25.2 Å². The maximum Gasteiger partial charge on any atom is 0.241 e. The molecule has 166 valence electrons. The van der Waals surface area contributed by atoms with Crippen LogP contribution in [0.15, 0.2) is 53.1 Å². The predicted molar refractivity (Wildman–Crippen MR) is 120 cm³/mol. The van der Waals surface area contributed by atoms with Gasteiger partial charge in [-0.05, 0) is 61.6 Å². The topological polar surface area (TPSA) is 71.7 Å². The van der Waals surface area contributed by atoms with Crippen molar-refractivity contribution in [3.63, 3.8) is 0 Å². The van der Waals surface area contributed by atoms with Gasteiger partial charge in [-0.25, -0.2) is 0 Å². The highest BCUT2D eigenvalue weighted by molar-refractivity contribution is 5.83. The Morgan fingerprint density at radius 3 is 2.59 bits per heavy atom. The lowest BCUT2D eigenvalue weighted by Gasteiger charge is -2.37. The zero-order valence-corrected chi connectivity index (χ0v) is 18.4. The lowest BCUT2D eigenvalue weighted by molar-refractivity contribution is -0.137. The van der Waals surface area contributed by atoms with Crippen LogP contribution in [0, 0.1) is 0 Å². The first kappa shape index (κ1) is 20.7. The molecule has 0 radical (unpaired) electrons. The van der Waals surface area contributed by atoms with E-state index in [0.717, 1.165) is 37.2 Å². The first-order valence-corrected chi connectivity index (χ1v) is 11.4. The standard InChI is InChI=1S/C25H28N4O3/c1-2-31-21-11-9-18(10-12-21)24-26-23(32-27-24)17-29-16-20-8-4-3-7-19(20)15-22(29)25(30)28-13-5-6-14-28/h3-4,7-12,22H,2,5-6,13-17H2,1H3/t22-/m0/s1. The van der Waals surface area contributed by atoms with E-state index in [9.17, 15) is 4.79 Å². The monoisotopic (exact) mass is 432 g/mol. The minimum Gasteiger partial charge on any atom is -0.494 e. The van der Waals surface area contributed by atoms with E-state index in [4.69, 9.17) is 9.26 Å². The number of fused-ring (bicyclic) bond motifs is 1. The third kappa shape index (κ3) is 4.25. The first-order chi connectivity index (χ1) is 15.7. The molecule has 0 aliphatic carbocycles. The van der Waals surface area contributed by atoms with Crippen molar-refractivity contribution in [1.29, 1.82) is 0 Å². The second-order valence-corrected chi connectivity index (χ2v) is 8.40. The molecule has 1 saturated heterocycles. The van der Waals surface area contributed by atoms with Crippen molar-refractivity contribution < 1.29 is 14.1 Å². The number of aromatic nitrogens is 2. The van der Waals surface area contributed by atoms with Gasteiger partial charge < -0.3 is 14.2 Å². The Labute approximate surface area is 188 Å². The molecule has 1 aromatic heterocycles. The minimum atomic E-state index is -0.205. The van der Waals surface area contributed by atoms with Crippen molar-refractivity contribution in [1.82, 2.24) is 19.9 Å². The van der Waals surface area contributed by atoms with Crippen LogP contribution in [-0.4, -0.2) is 51.6 Å². The molecule has 5 rings (SSSR count). The molecule has 0 spiro atoms. The molecule has 3 aromatic rings. The van der Waals surface area contributed by atoms with Crippen LogP contribution in [0.3, 0.4) is 0 Å². The third-order valence-corrected chi connectivity index (χ3v) is 6.28. The molecule has 0 bridgehead atoms. The van der Waals surface area contributed by atoms with E-state index in [2.05, 4.69) is 33.2 Å². The van der Waals surface area contributed by atoms with Crippen molar-refractivity contribution >= 4 is 5.91 Å². The maximum atomic E-state index is 13.3. The molecule has 3 heterocycles. The van der Waals surface area contributed by atoms with E-state index in [-0.39, 0.29) is 11.9 Å². The molecule has 0 unspecified atom stereocenters. The molecule has 1 amide bonds. The van der Waals surface area contributed by atoms with Gasteiger partial charge in [0.05, 0.1) is 19.2 Å². The van der Waals surface area contributed by atoms with Crippen LogP contribution in [0.5, 0.6) is 5.75 Å². The van der Waals surface area contributed by atoms with Gasteiger partial charge in [0.25, 0.3) is 0 Å². The molecule has 2 aliphatic rings. The van der Waals surface area contributed by atoms with Crippen molar-refractivity contribution in [2.45, 2.75) is 45.3 Å². The molecule has 0 saturated carbocycles. The Kier molecular flexibility index (Phi) is 5.90. The highest BCUT2D eigenvalue weighted by Gasteiger charge is 2.35. The maximum absolute atomic E-state index is 13.3. The van der Waals surface area contributed by atoms with E-state index in [1.807, 2.05) is 42.2 Å². The molecule has 1 atom stereocenters. The molecule has 7 heteroatoms. The Morgan fingerprint density at radius 1 is 1.09 bits per heavy atom. The van der Waals surface area contributed by atoms with E-state index in [1.54, 1.807) is 0 Å². The van der Waals surface area contributed by atoms with Gasteiger partial charge in [0.15, 0.2) is 0 Å². The molecular weight excluding hydrogens is 404 g/mol. The molecule has 0 N–H and O–H groups in total. The van der Waals surface area contributed by atoms with Crippen LogP contribution in [0.1, 0.15) is 36.8 Å². The molecule has 2 aromatic carbocycles. The van der Waals surface area contributed by atoms with E-state index >= 15 is 0 Å². The van der Waals surface area contributed by atoms with Crippen LogP contribution in [0.2, 0.25) is 0 Å². The van der Waals surface area contributed by atoms with Crippen molar-refractivity contribution in [2.24, 2.45) is 0 Å². The van der Waals surface area contributed by atoms with Crippen molar-refractivity contribution in [3.05, 3.63) is 65.5 Å². The summed E-state index contributed by atoms with van der Waals surface area (Å²) in [7, 11) is 0. The Morgan fingerprint density at radius 2 is 1.84 bits per heavy atom. The SMILES string of the molecule is CCOc1ccc(-c2noc(CN3Cc4ccccc4C[C@H]3C(=O)N3CCCC3)n2)cc1. The van der Waals surface area contributed by atoms with E-state index in [0.29, 0.717) is 37.8 Å². The van der Waals surface area contributed by atoms with Crippen molar-refractivity contribution in [2.75, 3.05) is 19.7 Å². The second kappa shape index (κ2) is 9.12. The number of ether oxygens (including phenoxy) is 1. The normalized spacial score (nSPS) is 18.5. The largest absolute Gasteiger partial charge is 0.494 e. The summed E-state index contributed by atoms with van der Waals surface area (Å²) in [6, 6.07) is 15.8. The first-order valence-electron chi connectivity index (χ1n) is 11.4. The van der Waals surface area contributed by atoms with Gasteiger partial charge in [0.1, 0.15) is 5.75 Å². The van der Waals surface area contributed by atoms with Gasteiger partial charge >= 0.3 is 0 Å². The number of amides is 1. The average Bonchev–Trinajstić information content (AvgIpc) is 3.52. The van der Waals surface area contributed by atoms with Gasteiger partial charge in [0.2, 0.25) is 17.6 Å². The van der Waals surface area contributed by atoms with Crippen LogP contribution >= 0.6 is 0 Å². The number of rotatable bonds is 6. The van der Waals surface area contributed by atoms with Crippen molar-refractivity contribution in [3.8, 4) is 17.1 Å². The molecule has 32 heavy (non-hydrogen) atoms. The summed E-state index contributed by atoms with van der Waals surface area (Å²) in [5.41, 5.74) is 3.38. The zero-order chi connectivity index (χ0) is 21.9. The van der Waals surface area contributed by atoms with E-state index in [1.165, 1.54) is 11.1 Å². The highest BCUT2D eigenvalue weighted by Crippen LogP contribution is 2.27. The molecular formula is C25H28N4O3. The molecule has 1 fully saturated rings. The lowest BCUT2D eigenvalue weighted by atomic mass is 9.93. The number of hydrogen-bond donors (Lipinski definition) is 0. The fourth-order valence-electron chi connectivity index (χ4n) is 4.61. The molecule has 2 aliphatic heterocycles. The zero-order valence-electron chi connectivity index (χ0n) is 18.4. The number of nitrogens with zero attached hydrogens (tertiary/aromatic N) is 4. The molecule has 7 nitrogen and oxygen atoms in total. The van der Waals surface area contributed by atoms with Crippen LogP contribution in [0.4, 0.5) is 0 Å². The second-order valence-electron chi connectivity index (χ2n) is 8.40. The van der Waals surface area contributed by atoms with Crippen LogP contribution in [0.25, 0.3) is 11.4 Å². The van der Waals surface area contributed by atoms with Gasteiger partial charge in [-0.3, -0.25) is 9.69 Å². The number of hydrogen-bond acceptors (Lipinski definition) is 6. The average molecular weight is 433 g/mol. The lowest BCUT2D eigenvalue weighted by Crippen LogP contribution is -2.50. The summed E-state index contributed by atoms with van der Waals surface area (Å²) < 4.78 is 11.1. The minimum absolute atomic E-state index is 0.205. The quantitative estimate of drug-likeness (QED) is 0.592. The smallest absolute Gasteiger partial charge is 0.241 e. The fraction of sp³-hybridized carbons (Fsp3) is 0.400. The summed E-state index contributed by atoms with van der Waals surface area (Å²) in [5.74, 6) is 2.09. The number of carbonyl (C=O) groups excluding carboxylic acids is 1. The van der Waals surface area contributed by atoms with Crippen LogP contribution < -0.4 is 4.74 Å². The summed E-state index contributed by atoms with van der Waals surface area (Å²) in [6.07, 6.45) is 2.89. The van der Waals surface area contributed by atoms with Crippen LogP contribution in [-0.2, 0) is 24.3 Å². The summed E-state index contributed by atoms with van der Waals surface area (Å²) in [4.78, 5) is 22.1. The summed E-state index contributed by atoms with van der Waals surface area (Å²) >= 11 is 0. The number of carbonyl (C=O) groups is 1. The Balaban J connectivity index is 1.36.